The molecule has 0 aliphatic carbocycles. The van der Waals surface area contributed by atoms with Crippen molar-refractivity contribution >= 4 is 29.1 Å². The number of para-hydroxylation sites is 1. The number of anilines is 1. The number of nitrogens with one attached hydrogen (secondary N) is 1. The van der Waals surface area contributed by atoms with E-state index in [4.69, 9.17) is 11.6 Å². The molecule has 2 atom stereocenters. The molecule has 2 saturated heterocycles. The van der Waals surface area contributed by atoms with Gasteiger partial charge in [0, 0.05) is 13.6 Å². The molecule has 3 rings (SSSR count). The zero-order valence-electron chi connectivity index (χ0n) is 13.3. The maximum atomic E-state index is 12.7. The number of carbonyl (C=O) groups is 2. The molecule has 0 radical (unpaired) electrons. The van der Waals surface area contributed by atoms with Crippen LogP contribution in [0.3, 0.4) is 0 Å². The van der Waals surface area contributed by atoms with Crippen LogP contribution in [0.25, 0.3) is 0 Å². The van der Waals surface area contributed by atoms with Gasteiger partial charge in [-0.1, -0.05) is 30.2 Å². The summed E-state index contributed by atoms with van der Waals surface area (Å²) in [6.07, 6.45) is 3.65. The van der Waals surface area contributed by atoms with E-state index in [1.54, 1.807) is 22.9 Å². The van der Waals surface area contributed by atoms with Crippen LogP contribution in [0.4, 0.5) is 5.69 Å². The van der Waals surface area contributed by atoms with Crippen molar-refractivity contribution < 1.29 is 9.59 Å². The van der Waals surface area contributed by atoms with E-state index < -0.39 is 6.04 Å². The van der Waals surface area contributed by atoms with E-state index in [2.05, 4.69) is 5.32 Å². The smallest absolute Gasteiger partial charge is 0.249 e. The van der Waals surface area contributed by atoms with Crippen LogP contribution in [0.2, 0.25) is 5.02 Å². The molecule has 2 unspecified atom stereocenters. The summed E-state index contributed by atoms with van der Waals surface area (Å²) in [5.74, 6) is -0.0335. The lowest BCUT2D eigenvalue weighted by Gasteiger charge is -2.30. The van der Waals surface area contributed by atoms with Gasteiger partial charge in [-0.15, -0.1) is 0 Å². The summed E-state index contributed by atoms with van der Waals surface area (Å²) in [4.78, 5) is 28.6. The molecule has 0 aromatic heterocycles. The van der Waals surface area contributed by atoms with Crippen LogP contribution in [0.15, 0.2) is 24.3 Å². The van der Waals surface area contributed by atoms with Crippen LogP contribution in [0, 0.1) is 0 Å². The molecule has 5 nitrogen and oxygen atoms in total. The minimum Gasteiger partial charge on any atom is -0.332 e. The highest BCUT2D eigenvalue weighted by Gasteiger charge is 2.39. The molecule has 2 aliphatic rings. The lowest BCUT2D eigenvalue weighted by atomic mass is 10.0. The third-order valence-corrected chi connectivity index (χ3v) is 5.06. The first kappa shape index (κ1) is 16.3. The van der Waals surface area contributed by atoms with E-state index in [0.717, 1.165) is 31.5 Å². The maximum absolute atomic E-state index is 12.7. The maximum Gasteiger partial charge on any atom is 0.249 e. The van der Waals surface area contributed by atoms with Crippen molar-refractivity contribution in [1.82, 2.24) is 10.2 Å². The molecule has 23 heavy (non-hydrogen) atoms. The predicted molar refractivity (Wildman–Crippen MR) is 90.6 cm³/mol. The molecule has 1 aromatic carbocycles. The van der Waals surface area contributed by atoms with Crippen LogP contribution in [-0.2, 0) is 9.59 Å². The predicted octanol–water partition coefficient (Wildman–Crippen LogP) is 2.05. The molecular weight excluding hydrogens is 314 g/mol. The Balaban J connectivity index is 1.71. The largest absolute Gasteiger partial charge is 0.332 e. The fraction of sp³-hybridized carbons (Fsp3) is 0.529. The summed E-state index contributed by atoms with van der Waals surface area (Å²) in [6, 6.07) is 6.76. The summed E-state index contributed by atoms with van der Waals surface area (Å²) >= 11 is 6.20. The van der Waals surface area contributed by atoms with E-state index in [-0.39, 0.29) is 17.9 Å². The number of nitrogens with zero attached hydrogens (tertiary/aromatic N) is 2. The highest BCUT2D eigenvalue weighted by Crippen LogP contribution is 2.30. The zero-order valence-corrected chi connectivity index (χ0v) is 14.1. The number of halogens is 1. The third-order valence-electron chi connectivity index (χ3n) is 4.74. The normalized spacial score (nSPS) is 24.8. The topological polar surface area (TPSA) is 52.7 Å². The number of carbonyl (C=O) groups excluding carboxylic acids is 2. The standard InChI is InChI=1S/C17H22ClN3O2/c1-20(16(22)13-7-4-5-10-19-13)15-9-11-21(17(15)23)14-8-3-2-6-12(14)18/h2-3,6,8,13,15,19H,4-5,7,9-11H2,1H3. The quantitative estimate of drug-likeness (QED) is 0.919. The van der Waals surface area contributed by atoms with Gasteiger partial charge in [-0.25, -0.2) is 0 Å². The summed E-state index contributed by atoms with van der Waals surface area (Å²) in [5.41, 5.74) is 0.721. The molecule has 2 heterocycles. The van der Waals surface area contributed by atoms with Crippen LogP contribution >= 0.6 is 11.6 Å². The van der Waals surface area contributed by atoms with Crippen molar-refractivity contribution in [3.05, 3.63) is 29.3 Å². The number of hydrogen-bond donors (Lipinski definition) is 1. The molecule has 6 heteroatoms. The van der Waals surface area contributed by atoms with Crippen LogP contribution in [-0.4, -0.2) is 48.9 Å². The Hall–Kier alpha value is -1.59. The van der Waals surface area contributed by atoms with Gasteiger partial charge >= 0.3 is 0 Å². The van der Waals surface area contributed by atoms with Crippen LogP contribution < -0.4 is 10.2 Å². The van der Waals surface area contributed by atoms with Gasteiger partial charge in [0.15, 0.2) is 0 Å². The number of likely N-dealkylation sites (N-methyl/N-ethyl adjacent to an activating group) is 1. The second-order valence-electron chi connectivity index (χ2n) is 6.20. The highest BCUT2D eigenvalue weighted by molar-refractivity contribution is 6.34. The Morgan fingerprint density at radius 1 is 1.30 bits per heavy atom. The fourth-order valence-corrected chi connectivity index (χ4v) is 3.63. The molecule has 2 aliphatic heterocycles. The van der Waals surface area contributed by atoms with Gasteiger partial charge in [0.25, 0.3) is 0 Å². The first-order chi connectivity index (χ1) is 11.1. The molecule has 1 aromatic rings. The van der Waals surface area contributed by atoms with Crippen LogP contribution in [0.1, 0.15) is 25.7 Å². The number of hydrogen-bond acceptors (Lipinski definition) is 3. The number of amides is 2. The van der Waals surface area contributed by atoms with Gasteiger partial charge in [0.2, 0.25) is 11.8 Å². The average molecular weight is 336 g/mol. The van der Waals surface area contributed by atoms with E-state index >= 15 is 0 Å². The van der Waals surface area contributed by atoms with Crippen LogP contribution in [0.5, 0.6) is 0 Å². The minimum absolute atomic E-state index is 0.0176. The first-order valence-electron chi connectivity index (χ1n) is 8.15. The third kappa shape index (κ3) is 3.21. The fourth-order valence-electron chi connectivity index (χ4n) is 3.40. The van der Waals surface area contributed by atoms with E-state index in [1.807, 2.05) is 18.2 Å². The Morgan fingerprint density at radius 2 is 2.09 bits per heavy atom. The first-order valence-corrected chi connectivity index (χ1v) is 8.53. The number of rotatable bonds is 3. The molecular formula is C17H22ClN3O2. The van der Waals surface area contributed by atoms with Gasteiger partial charge in [0.1, 0.15) is 6.04 Å². The summed E-state index contributed by atoms with van der Waals surface area (Å²) in [7, 11) is 1.73. The second kappa shape index (κ2) is 6.89. The van der Waals surface area contributed by atoms with Crippen molar-refractivity contribution in [3.8, 4) is 0 Å². The number of piperidine rings is 1. The summed E-state index contributed by atoms with van der Waals surface area (Å²) < 4.78 is 0. The van der Waals surface area contributed by atoms with Crippen molar-refractivity contribution in [3.63, 3.8) is 0 Å². The molecule has 0 spiro atoms. The highest BCUT2D eigenvalue weighted by atomic mass is 35.5. The minimum atomic E-state index is -0.400. The Kier molecular flexibility index (Phi) is 4.87. The van der Waals surface area contributed by atoms with Crippen molar-refractivity contribution in [2.75, 3.05) is 25.0 Å². The van der Waals surface area contributed by atoms with Gasteiger partial charge in [-0.3, -0.25) is 9.59 Å². The van der Waals surface area contributed by atoms with Gasteiger partial charge in [-0.05, 0) is 37.9 Å². The average Bonchev–Trinajstić information content (AvgIpc) is 2.96. The number of benzene rings is 1. The Bertz CT molecular complexity index is 601. The van der Waals surface area contributed by atoms with Crippen molar-refractivity contribution in [2.45, 2.75) is 37.8 Å². The van der Waals surface area contributed by atoms with Gasteiger partial charge < -0.3 is 15.1 Å². The Morgan fingerprint density at radius 3 is 2.78 bits per heavy atom. The van der Waals surface area contributed by atoms with Gasteiger partial charge in [0.05, 0.1) is 16.8 Å². The molecule has 2 amide bonds. The van der Waals surface area contributed by atoms with E-state index in [9.17, 15) is 9.59 Å². The molecule has 2 fully saturated rings. The lowest BCUT2D eigenvalue weighted by Crippen LogP contribution is -2.52. The van der Waals surface area contributed by atoms with E-state index in [0.29, 0.717) is 18.0 Å². The monoisotopic (exact) mass is 335 g/mol. The SMILES string of the molecule is CN(C(=O)C1CCCCN1)C1CCN(c2ccccc2Cl)C1=O. The molecule has 0 bridgehead atoms. The van der Waals surface area contributed by atoms with E-state index in [1.165, 1.54) is 0 Å². The Labute approximate surface area is 141 Å². The second-order valence-corrected chi connectivity index (χ2v) is 6.60. The molecule has 124 valence electrons. The van der Waals surface area contributed by atoms with Crippen molar-refractivity contribution in [2.24, 2.45) is 0 Å². The lowest BCUT2D eigenvalue weighted by molar-refractivity contribution is -0.138. The van der Waals surface area contributed by atoms with Gasteiger partial charge in [-0.2, -0.15) is 0 Å². The molecule has 0 saturated carbocycles. The molecule has 1 N–H and O–H groups in total. The summed E-state index contributed by atoms with van der Waals surface area (Å²) in [6.45, 7) is 1.46. The zero-order chi connectivity index (χ0) is 16.4. The van der Waals surface area contributed by atoms with Crippen molar-refractivity contribution in [1.29, 1.82) is 0 Å². The summed E-state index contributed by atoms with van der Waals surface area (Å²) in [5, 5.41) is 3.81.